The second-order valence-electron chi connectivity index (χ2n) is 17.8. The Balaban J connectivity index is 1.34. The van der Waals surface area contributed by atoms with Gasteiger partial charge in [-0.2, -0.15) is 0 Å². The van der Waals surface area contributed by atoms with Gasteiger partial charge in [-0.3, -0.25) is 9.59 Å². The van der Waals surface area contributed by atoms with Crippen LogP contribution in [0.2, 0.25) is 0 Å². The minimum atomic E-state index is -2.10. The first-order valence-electron chi connectivity index (χ1n) is 22.4. The summed E-state index contributed by atoms with van der Waals surface area (Å²) in [6, 6.07) is -3.42. The molecule has 31 heteroatoms. The fraction of sp³-hybridized carbons (Fsp3) is 0.949. The van der Waals surface area contributed by atoms with E-state index >= 15 is 0 Å². The summed E-state index contributed by atoms with van der Waals surface area (Å²) >= 11 is 0. The molecule has 2 amide bonds. The molecule has 0 aromatic rings. The maximum atomic E-state index is 12.8. The molecule has 0 aromatic heterocycles. The third kappa shape index (κ3) is 12.2. The highest BCUT2D eigenvalue weighted by molar-refractivity contribution is 5.73. The molecule has 0 spiro atoms. The lowest BCUT2D eigenvalue weighted by Crippen LogP contribution is -2.71. The molecular formula is C39H66N2O29. The first-order valence-corrected chi connectivity index (χ1v) is 22.4. The van der Waals surface area contributed by atoms with Gasteiger partial charge in [0.05, 0.1) is 39.1 Å². The smallest absolute Gasteiger partial charge is 0.217 e. The molecule has 6 saturated heterocycles. The number of carbonyl (C=O) groups is 2. The van der Waals surface area contributed by atoms with Crippen molar-refractivity contribution in [1.29, 1.82) is 0 Å². The molecule has 6 heterocycles. The highest BCUT2D eigenvalue weighted by Gasteiger charge is 2.58. The van der Waals surface area contributed by atoms with E-state index < -0.39 is 223 Å². The van der Waals surface area contributed by atoms with Crippen molar-refractivity contribution in [3.63, 3.8) is 0 Å². The molecule has 29 atom stereocenters. The van der Waals surface area contributed by atoms with Gasteiger partial charge in [-0.25, -0.2) is 0 Å². The number of rotatable bonds is 16. The minimum absolute atomic E-state index is 0.637. The number of ether oxygens (including phenoxy) is 11. The topological polar surface area (TPSA) is 483 Å². The SMILES string of the molecule is CC(=O)N[C@@H]1[C@@H](O[C@H]2O[C@@H](C)[C@@H](O)[C@@H](O)[C@@H]2O)[C@H](O[C@@H]2O[C@H](CO)[C@@H](O[C@@H]3O[C@H](CO)[C@@H](O)[C@H](O[C@H]4O[C@H](CO)[C@@H](O)[C@H](O)[C@@H]4O)[C@@H]3O[C@@H]3OC[C@@H](O)[C@H](O)[C@H]3O)[C@H](O)[C@H]2NC(C)=O)[C@@H](CO)O[C@H]1O. The largest absolute Gasteiger partial charge is 0.394 e. The van der Waals surface area contributed by atoms with Crippen LogP contribution in [0.15, 0.2) is 0 Å². The van der Waals surface area contributed by atoms with Crippen LogP contribution < -0.4 is 10.6 Å². The summed E-state index contributed by atoms with van der Waals surface area (Å²) < 4.78 is 64.3. The average molecular weight is 1030 g/mol. The molecule has 6 aliphatic heterocycles. The average Bonchev–Trinajstić information content (AvgIpc) is 3.32. The van der Waals surface area contributed by atoms with E-state index in [1.807, 2.05) is 0 Å². The number of aliphatic hydroxyl groups is 16. The molecule has 0 aromatic carbocycles. The predicted molar refractivity (Wildman–Crippen MR) is 215 cm³/mol. The number of nitrogens with one attached hydrogen (secondary N) is 2. The van der Waals surface area contributed by atoms with Crippen LogP contribution >= 0.6 is 0 Å². The Bertz CT molecular complexity index is 1680. The quantitative estimate of drug-likeness (QED) is 0.0682. The van der Waals surface area contributed by atoms with Gasteiger partial charge in [0, 0.05) is 13.8 Å². The van der Waals surface area contributed by atoms with Crippen molar-refractivity contribution in [2.75, 3.05) is 33.0 Å². The van der Waals surface area contributed by atoms with Gasteiger partial charge >= 0.3 is 0 Å². The van der Waals surface area contributed by atoms with Gasteiger partial charge in [-0.1, -0.05) is 0 Å². The molecular weight excluding hydrogens is 960 g/mol. The van der Waals surface area contributed by atoms with Gasteiger partial charge in [-0.15, -0.1) is 0 Å². The van der Waals surface area contributed by atoms with Gasteiger partial charge in [0.15, 0.2) is 37.7 Å². The molecule has 406 valence electrons. The highest BCUT2D eigenvalue weighted by Crippen LogP contribution is 2.38. The van der Waals surface area contributed by atoms with E-state index in [-0.39, 0.29) is 0 Å². The molecule has 6 rings (SSSR count). The van der Waals surface area contributed by atoms with E-state index in [1.165, 1.54) is 6.92 Å². The van der Waals surface area contributed by atoms with E-state index in [0.29, 0.717) is 0 Å². The summed E-state index contributed by atoms with van der Waals surface area (Å²) in [5.74, 6) is -1.61. The number of hydrogen-bond donors (Lipinski definition) is 18. The van der Waals surface area contributed by atoms with E-state index in [1.54, 1.807) is 0 Å². The lowest BCUT2D eigenvalue weighted by Gasteiger charge is -2.51. The summed E-state index contributed by atoms with van der Waals surface area (Å²) in [6.07, 6.45) is -50.0. The van der Waals surface area contributed by atoms with Crippen LogP contribution in [0.4, 0.5) is 0 Å². The monoisotopic (exact) mass is 1030 g/mol. The van der Waals surface area contributed by atoms with Crippen LogP contribution in [0, 0.1) is 0 Å². The zero-order chi connectivity index (χ0) is 51.6. The van der Waals surface area contributed by atoms with E-state index in [2.05, 4.69) is 10.6 Å². The summed E-state index contributed by atoms with van der Waals surface area (Å²) in [5.41, 5.74) is 0. The third-order valence-corrected chi connectivity index (χ3v) is 12.8. The summed E-state index contributed by atoms with van der Waals surface area (Å²) in [7, 11) is 0. The third-order valence-electron chi connectivity index (χ3n) is 12.8. The number of carbonyl (C=O) groups excluding carboxylic acids is 2. The number of amides is 2. The normalized spacial score (nSPS) is 50.3. The Morgan fingerprint density at radius 2 is 0.886 bits per heavy atom. The molecule has 6 aliphatic rings. The Morgan fingerprint density at radius 1 is 0.429 bits per heavy atom. The second-order valence-corrected chi connectivity index (χ2v) is 17.8. The summed E-state index contributed by atoms with van der Waals surface area (Å²) in [4.78, 5) is 25.2. The van der Waals surface area contributed by atoms with Crippen molar-refractivity contribution in [2.45, 2.75) is 199 Å². The molecule has 0 bridgehead atoms. The molecule has 6 fully saturated rings. The molecule has 0 unspecified atom stereocenters. The maximum absolute atomic E-state index is 12.8. The zero-order valence-electron chi connectivity index (χ0n) is 37.7. The Kier molecular flexibility index (Phi) is 20.0. The Hall–Kier alpha value is -2.14. The van der Waals surface area contributed by atoms with Crippen molar-refractivity contribution < 1.29 is 143 Å². The molecule has 0 radical (unpaired) electrons. The molecule has 31 nitrogen and oxygen atoms in total. The van der Waals surface area contributed by atoms with E-state index in [0.717, 1.165) is 13.8 Å². The fourth-order valence-electron chi connectivity index (χ4n) is 8.95. The van der Waals surface area contributed by atoms with Crippen molar-refractivity contribution in [2.24, 2.45) is 0 Å². The van der Waals surface area contributed by atoms with Crippen molar-refractivity contribution >= 4 is 11.8 Å². The summed E-state index contributed by atoms with van der Waals surface area (Å²) in [5, 5.41) is 176. The number of hydrogen-bond acceptors (Lipinski definition) is 29. The lowest BCUT2D eigenvalue weighted by atomic mass is 9.93. The molecule has 0 aliphatic carbocycles. The van der Waals surface area contributed by atoms with E-state index in [9.17, 15) is 91.3 Å². The highest BCUT2D eigenvalue weighted by atomic mass is 16.8. The van der Waals surface area contributed by atoms with Crippen LogP contribution in [-0.4, -0.2) is 305 Å². The van der Waals surface area contributed by atoms with Crippen LogP contribution in [0.25, 0.3) is 0 Å². The Morgan fingerprint density at radius 3 is 1.49 bits per heavy atom. The van der Waals surface area contributed by atoms with Crippen molar-refractivity contribution in [3.8, 4) is 0 Å². The number of aliphatic hydroxyl groups excluding tert-OH is 16. The molecule has 70 heavy (non-hydrogen) atoms. The van der Waals surface area contributed by atoms with Gasteiger partial charge in [0.25, 0.3) is 0 Å². The first kappa shape index (κ1) is 57.1. The molecule has 0 saturated carbocycles. The van der Waals surface area contributed by atoms with Gasteiger partial charge in [-0.05, 0) is 6.92 Å². The van der Waals surface area contributed by atoms with Crippen LogP contribution in [0.1, 0.15) is 20.8 Å². The van der Waals surface area contributed by atoms with Crippen molar-refractivity contribution in [1.82, 2.24) is 10.6 Å². The van der Waals surface area contributed by atoms with Crippen molar-refractivity contribution in [3.05, 3.63) is 0 Å². The van der Waals surface area contributed by atoms with E-state index in [4.69, 9.17) is 52.1 Å². The van der Waals surface area contributed by atoms with Gasteiger partial charge < -0.3 is 144 Å². The van der Waals surface area contributed by atoms with Crippen LogP contribution in [0.3, 0.4) is 0 Å². The first-order chi connectivity index (χ1) is 33.1. The lowest BCUT2D eigenvalue weighted by molar-refractivity contribution is -0.402. The Labute approximate surface area is 397 Å². The second kappa shape index (κ2) is 24.5. The van der Waals surface area contributed by atoms with Crippen LogP contribution in [0.5, 0.6) is 0 Å². The minimum Gasteiger partial charge on any atom is -0.394 e. The molecule has 18 N–H and O–H groups in total. The predicted octanol–water partition coefficient (Wildman–Crippen LogP) is -12.1. The maximum Gasteiger partial charge on any atom is 0.217 e. The van der Waals surface area contributed by atoms with Gasteiger partial charge in [0.1, 0.15) is 134 Å². The fourth-order valence-corrected chi connectivity index (χ4v) is 8.95. The van der Waals surface area contributed by atoms with Gasteiger partial charge in [0.2, 0.25) is 11.8 Å². The summed E-state index contributed by atoms with van der Waals surface area (Å²) in [6.45, 7) is -1.21. The standard InChI is InChI=1S/C39H66N2O29/c1-9-19(49)24(54)27(57)37(61-9)68-31-18(41-11(3)47)34(59)62-16(7-45)30(31)67-35-17(40-10(2)46)23(53)29(15(6-44)65-35)66-39-33(70-36-26(56)20(50)12(48)8-60-36)32(22(52)14(5-43)64-39)69-38-28(58)25(55)21(51)13(4-42)63-38/h9,12-39,42-45,48-59H,4-8H2,1-3H3,(H,40,46)(H,41,47)/t9-,12+,13+,14+,15+,16+,17+,18+,19+,20-,21+,22+,23+,24+,25-,26+,27-,28-,29+,30+,31+,32-,33-,34+,35-,36-,37+,38+,39-/m0/s1. The zero-order valence-corrected chi connectivity index (χ0v) is 37.7. The van der Waals surface area contributed by atoms with Crippen LogP contribution in [-0.2, 0) is 61.7 Å².